The highest BCUT2D eigenvalue weighted by atomic mass is 16.5. The molecular weight excluding hydrogens is 288 g/mol. The topological polar surface area (TPSA) is 85.7 Å². The van der Waals surface area contributed by atoms with Crippen LogP contribution < -0.4 is 5.32 Å². The summed E-state index contributed by atoms with van der Waals surface area (Å²) < 4.78 is 11.6. The number of carbonyl (C=O) groups is 2. The number of amides is 1. The lowest BCUT2D eigenvalue weighted by molar-refractivity contribution is -0.140. The highest BCUT2D eigenvalue weighted by Gasteiger charge is 2.29. The van der Waals surface area contributed by atoms with Gasteiger partial charge in [0.25, 0.3) is 0 Å². The third kappa shape index (κ3) is 4.28. The Balaban J connectivity index is 2.03. The summed E-state index contributed by atoms with van der Waals surface area (Å²) in [6.45, 7) is 2.83. The summed E-state index contributed by atoms with van der Waals surface area (Å²) in [7, 11) is 3.14. The number of nitrogens with one attached hydrogen (secondary N) is 1. The summed E-state index contributed by atoms with van der Waals surface area (Å²) >= 11 is 0. The molecule has 0 aliphatic carbocycles. The van der Waals surface area contributed by atoms with Crippen LogP contribution in [-0.2, 0) is 26.1 Å². The van der Waals surface area contributed by atoms with Gasteiger partial charge in [0.2, 0.25) is 5.91 Å². The number of nitrogens with zero attached hydrogens (tertiary/aromatic N) is 3. The fraction of sp³-hybridized carbons (Fsp3) is 0.643. The number of hydrogen-bond acceptors (Lipinski definition) is 6. The van der Waals surface area contributed by atoms with Crippen molar-refractivity contribution in [1.29, 1.82) is 0 Å². The van der Waals surface area contributed by atoms with Gasteiger partial charge >= 0.3 is 5.97 Å². The van der Waals surface area contributed by atoms with E-state index in [-0.39, 0.29) is 24.8 Å². The Morgan fingerprint density at radius 2 is 2.18 bits per heavy atom. The van der Waals surface area contributed by atoms with Crippen molar-refractivity contribution in [1.82, 2.24) is 20.0 Å². The van der Waals surface area contributed by atoms with E-state index in [1.165, 1.54) is 7.11 Å². The van der Waals surface area contributed by atoms with Crippen LogP contribution in [-0.4, -0.2) is 66.5 Å². The molecule has 22 heavy (non-hydrogen) atoms. The number of morpholine rings is 1. The molecule has 1 aromatic heterocycles. The zero-order chi connectivity index (χ0) is 15.9. The van der Waals surface area contributed by atoms with Crippen molar-refractivity contribution in [3.8, 4) is 0 Å². The maximum Gasteiger partial charge on any atom is 0.307 e. The van der Waals surface area contributed by atoms with E-state index in [4.69, 9.17) is 4.74 Å². The summed E-state index contributed by atoms with van der Waals surface area (Å²) in [5.41, 5.74) is 0.833. The summed E-state index contributed by atoms with van der Waals surface area (Å²) in [6, 6.07) is -0.421. The Kier molecular flexibility index (Phi) is 5.91. The van der Waals surface area contributed by atoms with Gasteiger partial charge in [0, 0.05) is 38.4 Å². The summed E-state index contributed by atoms with van der Waals surface area (Å²) in [4.78, 5) is 25.7. The van der Waals surface area contributed by atoms with E-state index >= 15 is 0 Å². The third-order valence-corrected chi connectivity index (χ3v) is 3.56. The largest absolute Gasteiger partial charge is 0.469 e. The molecule has 122 valence electrons. The molecule has 1 atom stereocenters. The standard InChI is InChI=1S/C14H22N4O4/c1-17-10-11(9-16-17)13(18-5-7-22-8-6-18)14(20)15-4-3-12(19)21-2/h9-10,13H,3-8H2,1-2H3,(H,15,20)/t13-/m1/s1. The van der Waals surface area contributed by atoms with E-state index in [0.717, 1.165) is 5.56 Å². The minimum absolute atomic E-state index is 0.140. The van der Waals surface area contributed by atoms with Crippen LogP contribution in [0.4, 0.5) is 0 Å². The molecule has 0 unspecified atom stereocenters. The van der Waals surface area contributed by atoms with Crippen LogP contribution >= 0.6 is 0 Å². The van der Waals surface area contributed by atoms with Crippen LogP contribution in [0.2, 0.25) is 0 Å². The van der Waals surface area contributed by atoms with Crippen LogP contribution in [0.5, 0.6) is 0 Å². The Morgan fingerprint density at radius 1 is 1.45 bits per heavy atom. The van der Waals surface area contributed by atoms with Gasteiger partial charge in [-0.2, -0.15) is 5.10 Å². The highest BCUT2D eigenvalue weighted by molar-refractivity contribution is 5.83. The van der Waals surface area contributed by atoms with Crippen LogP contribution in [0.25, 0.3) is 0 Å². The fourth-order valence-electron chi connectivity index (χ4n) is 2.43. The molecule has 0 saturated carbocycles. The van der Waals surface area contributed by atoms with Crippen LogP contribution in [0.1, 0.15) is 18.0 Å². The normalized spacial score (nSPS) is 17.0. The number of ether oxygens (including phenoxy) is 2. The molecule has 1 aromatic rings. The number of rotatable bonds is 6. The SMILES string of the molecule is COC(=O)CCNC(=O)[C@@H](c1cnn(C)c1)N1CCOCC1. The Labute approximate surface area is 129 Å². The van der Waals surface area contributed by atoms with Crippen molar-refractivity contribution in [2.75, 3.05) is 40.0 Å². The highest BCUT2D eigenvalue weighted by Crippen LogP contribution is 2.21. The first-order chi connectivity index (χ1) is 10.6. The number of hydrogen-bond donors (Lipinski definition) is 1. The van der Waals surface area contributed by atoms with Gasteiger partial charge in [-0.25, -0.2) is 0 Å². The first-order valence-corrected chi connectivity index (χ1v) is 7.26. The van der Waals surface area contributed by atoms with Crippen molar-refractivity contribution in [2.24, 2.45) is 7.05 Å². The molecule has 1 fully saturated rings. The molecule has 1 saturated heterocycles. The van der Waals surface area contributed by atoms with Crippen molar-refractivity contribution < 1.29 is 19.1 Å². The van der Waals surface area contributed by atoms with E-state index in [0.29, 0.717) is 26.3 Å². The van der Waals surface area contributed by atoms with Crippen LogP contribution in [0, 0.1) is 0 Å². The number of esters is 1. The summed E-state index contributed by atoms with van der Waals surface area (Å²) in [6.07, 6.45) is 3.69. The zero-order valence-electron chi connectivity index (χ0n) is 12.9. The fourth-order valence-corrected chi connectivity index (χ4v) is 2.43. The Morgan fingerprint density at radius 3 is 2.77 bits per heavy atom. The molecule has 0 radical (unpaired) electrons. The van der Waals surface area contributed by atoms with E-state index in [1.807, 2.05) is 13.2 Å². The van der Waals surface area contributed by atoms with E-state index < -0.39 is 6.04 Å². The lowest BCUT2D eigenvalue weighted by Gasteiger charge is -2.33. The summed E-state index contributed by atoms with van der Waals surface area (Å²) in [5, 5.41) is 6.93. The van der Waals surface area contributed by atoms with Crippen LogP contribution in [0.15, 0.2) is 12.4 Å². The maximum atomic E-state index is 12.5. The molecule has 2 rings (SSSR count). The number of aromatic nitrogens is 2. The van der Waals surface area contributed by atoms with E-state index in [2.05, 4.69) is 20.1 Å². The molecule has 2 heterocycles. The van der Waals surface area contributed by atoms with Gasteiger partial charge in [0.1, 0.15) is 6.04 Å². The molecule has 0 aromatic carbocycles. The van der Waals surface area contributed by atoms with E-state index in [1.54, 1.807) is 10.9 Å². The van der Waals surface area contributed by atoms with Gasteiger partial charge in [0.05, 0.1) is 32.9 Å². The second kappa shape index (κ2) is 7.90. The van der Waals surface area contributed by atoms with Crippen molar-refractivity contribution >= 4 is 11.9 Å². The molecule has 8 heteroatoms. The molecule has 0 bridgehead atoms. The lowest BCUT2D eigenvalue weighted by atomic mass is 10.1. The molecule has 1 aliphatic heterocycles. The Hall–Kier alpha value is -1.93. The number of methoxy groups -OCH3 is 1. The quantitative estimate of drug-likeness (QED) is 0.711. The predicted octanol–water partition coefficient (Wildman–Crippen LogP) is -0.527. The predicted molar refractivity (Wildman–Crippen MR) is 78.0 cm³/mol. The lowest BCUT2D eigenvalue weighted by Crippen LogP contribution is -2.46. The molecule has 8 nitrogen and oxygen atoms in total. The van der Waals surface area contributed by atoms with Crippen molar-refractivity contribution in [3.63, 3.8) is 0 Å². The van der Waals surface area contributed by atoms with Gasteiger partial charge in [-0.1, -0.05) is 0 Å². The van der Waals surface area contributed by atoms with Gasteiger partial charge in [-0.15, -0.1) is 0 Å². The minimum atomic E-state index is -0.421. The molecule has 0 spiro atoms. The molecular formula is C14H22N4O4. The van der Waals surface area contributed by atoms with Gasteiger partial charge in [-0.05, 0) is 0 Å². The first kappa shape index (κ1) is 16.4. The first-order valence-electron chi connectivity index (χ1n) is 7.26. The van der Waals surface area contributed by atoms with Gasteiger partial charge in [0.15, 0.2) is 0 Å². The zero-order valence-corrected chi connectivity index (χ0v) is 12.9. The maximum absolute atomic E-state index is 12.5. The van der Waals surface area contributed by atoms with Gasteiger partial charge < -0.3 is 14.8 Å². The van der Waals surface area contributed by atoms with Crippen LogP contribution in [0.3, 0.4) is 0 Å². The average Bonchev–Trinajstić information content (AvgIpc) is 2.94. The monoisotopic (exact) mass is 310 g/mol. The molecule has 1 aliphatic rings. The number of aryl methyl sites for hydroxylation is 1. The number of carbonyl (C=O) groups excluding carboxylic acids is 2. The third-order valence-electron chi connectivity index (χ3n) is 3.56. The Bertz CT molecular complexity index is 511. The van der Waals surface area contributed by atoms with Gasteiger partial charge in [-0.3, -0.25) is 19.2 Å². The second-order valence-corrected chi connectivity index (χ2v) is 5.12. The average molecular weight is 310 g/mol. The second-order valence-electron chi connectivity index (χ2n) is 5.12. The molecule has 1 N–H and O–H groups in total. The molecule has 1 amide bonds. The van der Waals surface area contributed by atoms with Crippen molar-refractivity contribution in [2.45, 2.75) is 12.5 Å². The minimum Gasteiger partial charge on any atom is -0.469 e. The van der Waals surface area contributed by atoms with E-state index in [9.17, 15) is 9.59 Å². The van der Waals surface area contributed by atoms with Crippen molar-refractivity contribution in [3.05, 3.63) is 18.0 Å². The smallest absolute Gasteiger partial charge is 0.307 e. The summed E-state index contributed by atoms with van der Waals surface area (Å²) in [5.74, 6) is -0.483.